The lowest BCUT2D eigenvalue weighted by atomic mass is 9.96. The van der Waals surface area contributed by atoms with E-state index in [1.165, 1.54) is 0 Å². The number of ether oxygens (including phenoxy) is 3. The van der Waals surface area contributed by atoms with Gasteiger partial charge in [0.05, 0.1) is 12.3 Å². The fourth-order valence-corrected chi connectivity index (χ4v) is 2.57. The van der Waals surface area contributed by atoms with Crippen LogP contribution in [0.1, 0.15) is 12.5 Å². The molecular formula is C18H19NO4. The summed E-state index contributed by atoms with van der Waals surface area (Å²) in [5, 5.41) is 3.31. The summed E-state index contributed by atoms with van der Waals surface area (Å²) in [5.41, 5.74) is 3.81. The number of dihydropyridines is 1. The topological polar surface area (TPSA) is 56.8 Å². The van der Waals surface area contributed by atoms with Crippen molar-refractivity contribution in [1.82, 2.24) is 5.32 Å². The van der Waals surface area contributed by atoms with Gasteiger partial charge in [-0.1, -0.05) is 18.7 Å². The first-order valence-corrected chi connectivity index (χ1v) is 7.57. The number of hydrogen-bond acceptors (Lipinski definition) is 5. The van der Waals surface area contributed by atoms with Crippen molar-refractivity contribution in [1.29, 1.82) is 0 Å². The Bertz CT molecular complexity index is 703. The van der Waals surface area contributed by atoms with Crippen LogP contribution >= 0.6 is 0 Å². The third-order valence-electron chi connectivity index (χ3n) is 3.68. The van der Waals surface area contributed by atoms with Gasteiger partial charge in [-0.15, -0.1) is 0 Å². The molecular weight excluding hydrogens is 294 g/mol. The fourth-order valence-electron chi connectivity index (χ4n) is 2.57. The first-order valence-electron chi connectivity index (χ1n) is 7.57. The molecule has 0 aliphatic carbocycles. The van der Waals surface area contributed by atoms with E-state index in [0.29, 0.717) is 19.0 Å². The summed E-state index contributed by atoms with van der Waals surface area (Å²) in [6.07, 6.45) is 4.11. The van der Waals surface area contributed by atoms with Crippen molar-refractivity contribution in [3.63, 3.8) is 0 Å². The molecule has 2 aliphatic heterocycles. The molecule has 0 saturated heterocycles. The highest BCUT2D eigenvalue weighted by atomic mass is 16.6. The maximum Gasteiger partial charge on any atom is 0.344 e. The summed E-state index contributed by atoms with van der Waals surface area (Å²) in [6.45, 7) is 7.45. The standard InChI is InChI=1S/C18H19NO4/c1-3-21-18(20)11-22-13-6-7-17-15(9-13)12(2)14-5-4-8-19-16(14)10-23-17/h4-7,9,19H,2-3,8,10-11H2,1H3. The number of hydrogen-bond donors (Lipinski definition) is 1. The van der Waals surface area contributed by atoms with Crippen LogP contribution in [0.5, 0.6) is 11.5 Å². The lowest BCUT2D eigenvalue weighted by molar-refractivity contribution is -0.145. The Kier molecular flexibility index (Phi) is 4.37. The zero-order chi connectivity index (χ0) is 16.2. The van der Waals surface area contributed by atoms with Crippen LogP contribution in [0.4, 0.5) is 0 Å². The second-order valence-corrected chi connectivity index (χ2v) is 5.19. The number of nitrogens with one attached hydrogen (secondary N) is 1. The van der Waals surface area contributed by atoms with Gasteiger partial charge in [-0.25, -0.2) is 4.79 Å². The highest BCUT2D eigenvalue weighted by molar-refractivity contribution is 5.85. The second-order valence-electron chi connectivity index (χ2n) is 5.19. The molecule has 0 amide bonds. The van der Waals surface area contributed by atoms with Gasteiger partial charge in [-0.2, -0.15) is 0 Å². The van der Waals surface area contributed by atoms with Gasteiger partial charge in [0, 0.05) is 17.7 Å². The van der Waals surface area contributed by atoms with E-state index in [2.05, 4.69) is 24.0 Å². The summed E-state index contributed by atoms with van der Waals surface area (Å²) < 4.78 is 16.2. The molecule has 0 spiro atoms. The fraction of sp³-hybridized carbons (Fsp3) is 0.278. The van der Waals surface area contributed by atoms with Crippen molar-refractivity contribution < 1.29 is 19.0 Å². The molecule has 0 fully saturated rings. The summed E-state index contributed by atoms with van der Waals surface area (Å²) >= 11 is 0. The summed E-state index contributed by atoms with van der Waals surface area (Å²) in [5.74, 6) is 0.948. The molecule has 0 atom stereocenters. The SMILES string of the molecule is C=C1C2=C(COc3ccc(OCC(=O)OCC)cc31)NCC=C2. The Labute approximate surface area is 135 Å². The van der Waals surface area contributed by atoms with Gasteiger partial charge < -0.3 is 19.5 Å². The van der Waals surface area contributed by atoms with Gasteiger partial charge in [0.15, 0.2) is 6.61 Å². The molecule has 0 aromatic heterocycles. The van der Waals surface area contributed by atoms with E-state index in [0.717, 1.165) is 34.7 Å². The number of allylic oxidation sites excluding steroid dienone is 3. The van der Waals surface area contributed by atoms with E-state index >= 15 is 0 Å². The molecule has 0 bridgehead atoms. The third kappa shape index (κ3) is 3.23. The number of carbonyl (C=O) groups excluding carboxylic acids is 1. The number of fused-ring (bicyclic) bond motifs is 1. The van der Waals surface area contributed by atoms with Gasteiger partial charge in [0.2, 0.25) is 0 Å². The van der Waals surface area contributed by atoms with Crippen LogP contribution in [0.3, 0.4) is 0 Å². The third-order valence-corrected chi connectivity index (χ3v) is 3.68. The number of rotatable bonds is 4. The maximum absolute atomic E-state index is 11.4. The van der Waals surface area contributed by atoms with Crippen LogP contribution < -0.4 is 14.8 Å². The Hall–Kier alpha value is -2.69. The van der Waals surface area contributed by atoms with E-state index in [4.69, 9.17) is 14.2 Å². The zero-order valence-corrected chi connectivity index (χ0v) is 13.1. The predicted octanol–water partition coefficient (Wildman–Crippen LogP) is 2.45. The lowest BCUT2D eigenvalue weighted by Crippen LogP contribution is -2.22. The number of carbonyl (C=O) groups is 1. The predicted molar refractivity (Wildman–Crippen MR) is 87.3 cm³/mol. The average molecular weight is 313 g/mol. The van der Waals surface area contributed by atoms with Crippen molar-refractivity contribution in [3.05, 3.63) is 53.8 Å². The first kappa shape index (κ1) is 15.2. The van der Waals surface area contributed by atoms with E-state index in [1.807, 2.05) is 12.1 Å². The molecule has 0 saturated carbocycles. The highest BCUT2D eigenvalue weighted by Crippen LogP contribution is 2.37. The molecule has 23 heavy (non-hydrogen) atoms. The van der Waals surface area contributed by atoms with Crippen LogP contribution in [0.25, 0.3) is 5.57 Å². The number of esters is 1. The van der Waals surface area contributed by atoms with Gasteiger partial charge in [0.25, 0.3) is 0 Å². The molecule has 2 heterocycles. The average Bonchev–Trinajstić information content (AvgIpc) is 2.71. The number of benzene rings is 1. The van der Waals surface area contributed by atoms with Crippen LogP contribution in [0.15, 0.2) is 48.2 Å². The Morgan fingerprint density at radius 3 is 3.13 bits per heavy atom. The Morgan fingerprint density at radius 2 is 2.30 bits per heavy atom. The Morgan fingerprint density at radius 1 is 1.43 bits per heavy atom. The maximum atomic E-state index is 11.4. The van der Waals surface area contributed by atoms with Crippen LogP contribution in [0.2, 0.25) is 0 Å². The van der Waals surface area contributed by atoms with Gasteiger partial charge in [-0.3, -0.25) is 0 Å². The highest BCUT2D eigenvalue weighted by Gasteiger charge is 2.21. The summed E-state index contributed by atoms with van der Waals surface area (Å²) in [7, 11) is 0. The summed E-state index contributed by atoms with van der Waals surface area (Å²) in [6, 6.07) is 5.46. The van der Waals surface area contributed by atoms with Crippen molar-refractivity contribution in [2.75, 3.05) is 26.4 Å². The molecule has 3 rings (SSSR count). The van der Waals surface area contributed by atoms with E-state index in [1.54, 1.807) is 13.0 Å². The molecule has 1 aromatic rings. The van der Waals surface area contributed by atoms with Crippen molar-refractivity contribution in [2.45, 2.75) is 6.92 Å². The lowest BCUT2D eigenvalue weighted by Gasteiger charge is -2.16. The molecule has 1 aromatic carbocycles. The molecule has 120 valence electrons. The van der Waals surface area contributed by atoms with Gasteiger partial charge in [-0.05, 0) is 30.7 Å². The summed E-state index contributed by atoms with van der Waals surface area (Å²) in [4.78, 5) is 11.4. The van der Waals surface area contributed by atoms with E-state index in [9.17, 15) is 4.79 Å². The van der Waals surface area contributed by atoms with Crippen molar-refractivity contribution >= 4 is 11.5 Å². The largest absolute Gasteiger partial charge is 0.487 e. The Balaban J connectivity index is 1.82. The normalized spacial score (nSPS) is 15.8. The van der Waals surface area contributed by atoms with E-state index in [-0.39, 0.29) is 12.6 Å². The minimum absolute atomic E-state index is 0.116. The molecule has 2 aliphatic rings. The minimum Gasteiger partial charge on any atom is -0.487 e. The van der Waals surface area contributed by atoms with Crippen molar-refractivity contribution in [2.24, 2.45) is 0 Å². The van der Waals surface area contributed by atoms with Gasteiger partial charge >= 0.3 is 5.97 Å². The van der Waals surface area contributed by atoms with Crippen molar-refractivity contribution in [3.8, 4) is 11.5 Å². The molecule has 0 radical (unpaired) electrons. The van der Waals surface area contributed by atoms with Crippen LogP contribution in [-0.2, 0) is 9.53 Å². The van der Waals surface area contributed by atoms with E-state index < -0.39 is 0 Å². The first-order chi connectivity index (χ1) is 11.2. The zero-order valence-electron chi connectivity index (χ0n) is 13.1. The molecule has 0 unspecified atom stereocenters. The smallest absolute Gasteiger partial charge is 0.344 e. The monoisotopic (exact) mass is 313 g/mol. The molecule has 5 nitrogen and oxygen atoms in total. The quantitative estimate of drug-likeness (QED) is 0.865. The van der Waals surface area contributed by atoms with Gasteiger partial charge in [0.1, 0.15) is 18.1 Å². The van der Waals surface area contributed by atoms with Crippen LogP contribution in [-0.4, -0.2) is 32.3 Å². The minimum atomic E-state index is -0.387. The van der Waals surface area contributed by atoms with Crippen LogP contribution in [0, 0.1) is 0 Å². The molecule has 5 heteroatoms. The molecule has 1 N–H and O–H groups in total. The second kappa shape index (κ2) is 6.60.